The van der Waals surface area contributed by atoms with Crippen LogP contribution in [0, 0.1) is 11.3 Å². The summed E-state index contributed by atoms with van der Waals surface area (Å²) in [5.41, 5.74) is 0.798. The molecule has 194 valence electrons. The van der Waals surface area contributed by atoms with E-state index in [2.05, 4.69) is 35.0 Å². The first-order chi connectivity index (χ1) is 17.8. The lowest BCUT2D eigenvalue weighted by Crippen LogP contribution is -2.22. The number of allylic oxidation sites excluding steroid dienone is 4. The fourth-order valence-electron chi connectivity index (χ4n) is 5.15. The average molecular weight is 522 g/mol. The van der Waals surface area contributed by atoms with Crippen molar-refractivity contribution in [3.8, 4) is 5.75 Å². The summed E-state index contributed by atoms with van der Waals surface area (Å²) in [4.78, 5) is 13.2. The van der Waals surface area contributed by atoms with E-state index < -0.39 is 21.8 Å². The SMILES string of the molecule is CCC1(CCc2cc(O)c(C(c3cccc(NS(=O)(=O)n4cccn4)c3)C3CC3)c(=O)o2)C=CC=CC1. The highest BCUT2D eigenvalue weighted by Gasteiger charge is 2.37. The molecule has 37 heavy (non-hydrogen) atoms. The lowest BCUT2D eigenvalue weighted by atomic mass is 9.75. The highest BCUT2D eigenvalue weighted by atomic mass is 32.2. The average Bonchev–Trinajstić information content (AvgIpc) is 3.55. The second-order valence-electron chi connectivity index (χ2n) is 9.93. The molecule has 2 aliphatic rings. The molecule has 3 aromatic rings. The van der Waals surface area contributed by atoms with Crippen LogP contribution in [0.4, 0.5) is 5.69 Å². The minimum Gasteiger partial charge on any atom is -0.507 e. The van der Waals surface area contributed by atoms with E-state index in [9.17, 15) is 18.3 Å². The smallest absolute Gasteiger partial charge is 0.343 e. The summed E-state index contributed by atoms with van der Waals surface area (Å²) in [6.07, 6.45) is 16.3. The van der Waals surface area contributed by atoms with Crippen LogP contribution in [0.1, 0.15) is 61.8 Å². The third kappa shape index (κ3) is 5.41. The Morgan fingerprint density at radius 3 is 2.73 bits per heavy atom. The van der Waals surface area contributed by atoms with E-state index in [1.807, 2.05) is 12.1 Å². The number of hydrogen-bond acceptors (Lipinski definition) is 6. The van der Waals surface area contributed by atoms with Crippen molar-refractivity contribution in [2.45, 2.75) is 51.4 Å². The maximum Gasteiger partial charge on any atom is 0.343 e. The normalized spacial score (nSPS) is 20.1. The van der Waals surface area contributed by atoms with Gasteiger partial charge in [-0.2, -0.15) is 13.5 Å². The third-order valence-electron chi connectivity index (χ3n) is 7.44. The Bertz CT molecular complexity index is 1490. The van der Waals surface area contributed by atoms with E-state index in [1.165, 1.54) is 18.5 Å². The van der Waals surface area contributed by atoms with E-state index >= 15 is 0 Å². The first kappa shape index (κ1) is 25.1. The molecular formula is C28H31N3O5S. The van der Waals surface area contributed by atoms with E-state index in [0.717, 1.165) is 41.8 Å². The molecule has 2 aliphatic carbocycles. The van der Waals surface area contributed by atoms with Crippen LogP contribution in [-0.4, -0.2) is 22.7 Å². The fraction of sp³-hybridized carbons (Fsp3) is 0.357. The number of rotatable bonds is 10. The summed E-state index contributed by atoms with van der Waals surface area (Å²) in [6, 6.07) is 10.0. The number of aromatic nitrogens is 2. The lowest BCUT2D eigenvalue weighted by Gasteiger charge is -2.30. The molecule has 2 heterocycles. The Morgan fingerprint density at radius 2 is 2.08 bits per heavy atom. The van der Waals surface area contributed by atoms with Crippen molar-refractivity contribution in [1.82, 2.24) is 9.19 Å². The molecule has 0 spiro atoms. The number of benzene rings is 1. The summed E-state index contributed by atoms with van der Waals surface area (Å²) < 4.78 is 34.3. The van der Waals surface area contributed by atoms with Gasteiger partial charge >= 0.3 is 15.8 Å². The fourth-order valence-corrected chi connectivity index (χ4v) is 6.07. The molecule has 1 saturated carbocycles. The van der Waals surface area contributed by atoms with Gasteiger partial charge in [-0.3, -0.25) is 4.72 Å². The summed E-state index contributed by atoms with van der Waals surface area (Å²) in [5, 5.41) is 14.8. The van der Waals surface area contributed by atoms with Crippen LogP contribution in [-0.2, 0) is 16.6 Å². The molecule has 0 amide bonds. The zero-order chi connectivity index (χ0) is 26.0. The van der Waals surface area contributed by atoms with Gasteiger partial charge in [0.15, 0.2) is 0 Å². The Morgan fingerprint density at radius 1 is 1.24 bits per heavy atom. The van der Waals surface area contributed by atoms with Crippen molar-refractivity contribution in [3.05, 3.63) is 100 Å². The van der Waals surface area contributed by atoms with Crippen LogP contribution in [0.15, 0.2) is 82.3 Å². The Kier molecular flexibility index (Phi) is 6.81. The highest BCUT2D eigenvalue weighted by Crippen LogP contribution is 2.48. The number of hydrogen-bond donors (Lipinski definition) is 2. The number of nitrogens with zero attached hydrogens (tertiary/aromatic N) is 2. The molecule has 0 aliphatic heterocycles. The van der Waals surface area contributed by atoms with Gasteiger partial charge in [-0.25, -0.2) is 4.79 Å². The first-order valence-electron chi connectivity index (χ1n) is 12.6. The first-order valence-corrected chi connectivity index (χ1v) is 14.1. The van der Waals surface area contributed by atoms with Crippen LogP contribution < -0.4 is 10.3 Å². The monoisotopic (exact) mass is 521 g/mol. The molecule has 5 rings (SSSR count). The third-order valence-corrected chi connectivity index (χ3v) is 8.64. The minimum atomic E-state index is -3.91. The van der Waals surface area contributed by atoms with Gasteiger partial charge in [0.25, 0.3) is 0 Å². The van der Waals surface area contributed by atoms with E-state index in [0.29, 0.717) is 17.9 Å². The van der Waals surface area contributed by atoms with Gasteiger partial charge < -0.3 is 9.52 Å². The van der Waals surface area contributed by atoms with Crippen molar-refractivity contribution in [2.75, 3.05) is 4.72 Å². The number of aromatic hydroxyl groups is 1. The Labute approximate surface area is 216 Å². The zero-order valence-electron chi connectivity index (χ0n) is 20.7. The van der Waals surface area contributed by atoms with Gasteiger partial charge in [-0.05, 0) is 67.2 Å². The molecule has 2 aromatic heterocycles. The summed E-state index contributed by atoms with van der Waals surface area (Å²) >= 11 is 0. The quantitative estimate of drug-likeness (QED) is 0.382. The van der Waals surface area contributed by atoms with Gasteiger partial charge in [0.1, 0.15) is 11.5 Å². The molecule has 8 nitrogen and oxygen atoms in total. The van der Waals surface area contributed by atoms with Gasteiger partial charge in [0, 0.05) is 24.6 Å². The molecule has 1 fully saturated rings. The van der Waals surface area contributed by atoms with E-state index in [4.69, 9.17) is 4.42 Å². The Balaban J connectivity index is 1.41. The second-order valence-corrected chi connectivity index (χ2v) is 11.5. The zero-order valence-corrected chi connectivity index (χ0v) is 21.5. The van der Waals surface area contributed by atoms with Crippen LogP contribution in [0.3, 0.4) is 0 Å². The van der Waals surface area contributed by atoms with Crippen molar-refractivity contribution in [2.24, 2.45) is 11.3 Å². The molecular weight excluding hydrogens is 490 g/mol. The molecule has 2 unspecified atom stereocenters. The molecule has 0 bridgehead atoms. The molecule has 2 atom stereocenters. The van der Waals surface area contributed by atoms with Gasteiger partial charge in [-0.1, -0.05) is 43.4 Å². The van der Waals surface area contributed by atoms with E-state index in [1.54, 1.807) is 24.3 Å². The van der Waals surface area contributed by atoms with Crippen molar-refractivity contribution < 1.29 is 17.9 Å². The number of nitrogens with one attached hydrogen (secondary N) is 1. The van der Waals surface area contributed by atoms with Crippen LogP contribution in [0.2, 0.25) is 0 Å². The molecule has 0 radical (unpaired) electrons. The standard InChI is InChI=1S/C28H31N3O5S/c1-2-28(13-4-3-5-14-28)15-12-23-19-24(32)26(27(33)36-23)25(20-10-11-20)21-8-6-9-22(18-21)30-37(34,35)31-17-7-16-29-31/h3-9,13,16-20,25,30,32H,2,10-12,14-15H2,1H3. The topological polar surface area (TPSA) is 114 Å². The van der Waals surface area contributed by atoms with Gasteiger partial charge in [0.2, 0.25) is 0 Å². The minimum absolute atomic E-state index is 0.0299. The maximum atomic E-state index is 13.2. The molecule has 2 N–H and O–H groups in total. The lowest BCUT2D eigenvalue weighted by molar-refractivity contribution is 0.318. The predicted molar refractivity (Wildman–Crippen MR) is 142 cm³/mol. The molecule has 9 heteroatoms. The molecule has 0 saturated heterocycles. The van der Waals surface area contributed by atoms with Crippen molar-refractivity contribution in [3.63, 3.8) is 0 Å². The van der Waals surface area contributed by atoms with Gasteiger partial charge in [0.05, 0.1) is 17.4 Å². The predicted octanol–water partition coefficient (Wildman–Crippen LogP) is 5.13. The molecule has 1 aromatic carbocycles. The van der Waals surface area contributed by atoms with Crippen LogP contribution >= 0.6 is 0 Å². The van der Waals surface area contributed by atoms with Crippen molar-refractivity contribution in [1.29, 1.82) is 0 Å². The number of aryl methyl sites for hydroxylation is 1. The van der Waals surface area contributed by atoms with Crippen LogP contribution in [0.25, 0.3) is 0 Å². The number of anilines is 1. The van der Waals surface area contributed by atoms with Crippen LogP contribution in [0.5, 0.6) is 5.75 Å². The largest absolute Gasteiger partial charge is 0.507 e. The second kappa shape index (κ2) is 10.0. The summed E-state index contributed by atoms with van der Waals surface area (Å²) in [7, 11) is -3.91. The maximum absolute atomic E-state index is 13.2. The van der Waals surface area contributed by atoms with E-state index in [-0.39, 0.29) is 22.6 Å². The van der Waals surface area contributed by atoms with Crippen molar-refractivity contribution >= 4 is 15.9 Å². The van der Waals surface area contributed by atoms with Gasteiger partial charge in [-0.15, -0.1) is 4.09 Å². The summed E-state index contributed by atoms with van der Waals surface area (Å²) in [6.45, 7) is 2.16. The Hall–Kier alpha value is -3.59. The summed E-state index contributed by atoms with van der Waals surface area (Å²) in [5.74, 6) is 0.167. The highest BCUT2D eigenvalue weighted by molar-refractivity contribution is 7.91.